The number of rotatable bonds is 4. The largest absolute Gasteiger partial charge is 0.489 e. The van der Waals surface area contributed by atoms with E-state index in [2.05, 4.69) is 22.6 Å². The molecular weight excluding hydrogens is 345 g/mol. The Morgan fingerprint density at radius 2 is 1.89 bits per heavy atom. The molecule has 0 N–H and O–H groups in total. The molecule has 2 rings (SSSR count). The van der Waals surface area contributed by atoms with Gasteiger partial charge in [-0.15, -0.1) is 0 Å². The van der Waals surface area contributed by atoms with Crippen LogP contribution in [0.5, 0.6) is 5.75 Å². The molecule has 0 bridgehead atoms. The highest BCUT2D eigenvalue weighted by Crippen LogP contribution is 2.17. The van der Waals surface area contributed by atoms with Crippen LogP contribution in [0.25, 0.3) is 0 Å². The lowest BCUT2D eigenvalue weighted by molar-refractivity contribution is -0.384. The number of nitro benzene ring substituents is 1. The molecule has 0 aliphatic carbocycles. The minimum Gasteiger partial charge on any atom is -0.489 e. The fourth-order valence-electron chi connectivity index (χ4n) is 1.46. The second-order valence-corrected chi connectivity index (χ2v) is 4.92. The monoisotopic (exact) mass is 355 g/mol. The van der Waals surface area contributed by atoms with Gasteiger partial charge < -0.3 is 4.74 Å². The zero-order valence-corrected chi connectivity index (χ0v) is 11.5. The summed E-state index contributed by atoms with van der Waals surface area (Å²) in [4.78, 5) is 10.2. The fraction of sp³-hybridized carbons (Fsp3) is 0.0769. The minimum absolute atomic E-state index is 0.0821. The summed E-state index contributed by atoms with van der Waals surface area (Å²) in [6.45, 7) is 0.322. The summed E-state index contributed by atoms with van der Waals surface area (Å²) >= 11 is 2.22. The van der Waals surface area contributed by atoms with Crippen molar-refractivity contribution in [3.63, 3.8) is 0 Å². The van der Waals surface area contributed by atoms with Crippen LogP contribution in [-0.4, -0.2) is 4.92 Å². The predicted octanol–water partition coefficient (Wildman–Crippen LogP) is 3.78. The van der Waals surface area contributed by atoms with Crippen LogP contribution < -0.4 is 4.74 Å². The molecule has 2 aromatic carbocycles. The first-order valence-corrected chi connectivity index (χ1v) is 6.35. The van der Waals surface area contributed by atoms with E-state index in [-0.39, 0.29) is 5.69 Å². The molecule has 0 unspecified atom stereocenters. The Balaban J connectivity index is 2.04. The van der Waals surface area contributed by atoms with Crippen LogP contribution in [0.3, 0.4) is 0 Å². The number of nitrogens with zero attached hydrogens (tertiary/aromatic N) is 1. The van der Waals surface area contributed by atoms with Crippen LogP contribution >= 0.6 is 22.6 Å². The summed E-state index contributed by atoms with van der Waals surface area (Å²) < 4.78 is 6.69. The van der Waals surface area contributed by atoms with Gasteiger partial charge >= 0.3 is 0 Å². The van der Waals surface area contributed by atoms with Gasteiger partial charge in [0.1, 0.15) is 12.4 Å². The maximum absolute atomic E-state index is 10.6. The molecule has 0 radical (unpaired) electrons. The molecule has 0 spiro atoms. The summed E-state index contributed by atoms with van der Waals surface area (Å²) in [7, 11) is 0. The van der Waals surface area contributed by atoms with Crippen LogP contribution in [0, 0.1) is 13.7 Å². The molecule has 5 heteroatoms. The van der Waals surface area contributed by atoms with Gasteiger partial charge in [-0.25, -0.2) is 0 Å². The molecule has 0 saturated carbocycles. The van der Waals surface area contributed by atoms with Gasteiger partial charge in [0.25, 0.3) is 5.69 Å². The van der Waals surface area contributed by atoms with E-state index in [9.17, 15) is 10.1 Å². The van der Waals surface area contributed by atoms with Gasteiger partial charge in [-0.2, -0.15) is 0 Å². The molecule has 0 aliphatic heterocycles. The van der Waals surface area contributed by atoms with E-state index in [0.29, 0.717) is 6.61 Å². The lowest BCUT2D eigenvalue weighted by atomic mass is 10.2. The van der Waals surface area contributed by atoms with E-state index >= 15 is 0 Å². The van der Waals surface area contributed by atoms with Crippen LogP contribution in [0.1, 0.15) is 5.56 Å². The molecule has 2 aromatic rings. The summed E-state index contributed by atoms with van der Waals surface area (Å²) in [5, 5.41) is 10.6. The number of nitro groups is 1. The Morgan fingerprint density at radius 1 is 1.17 bits per heavy atom. The fourth-order valence-corrected chi connectivity index (χ4v) is 1.82. The number of ether oxygens (including phenoxy) is 1. The highest BCUT2D eigenvalue weighted by molar-refractivity contribution is 14.1. The summed E-state index contributed by atoms with van der Waals surface area (Å²) in [6.07, 6.45) is 0. The maximum Gasteiger partial charge on any atom is 0.269 e. The molecule has 4 nitrogen and oxygen atoms in total. The van der Waals surface area contributed by atoms with E-state index in [1.54, 1.807) is 12.1 Å². The zero-order valence-electron chi connectivity index (χ0n) is 9.38. The van der Waals surface area contributed by atoms with Crippen molar-refractivity contribution in [1.29, 1.82) is 0 Å². The SMILES string of the molecule is O=[N+]([O-])c1cccc(COc2ccc(I)cc2)c1. The van der Waals surface area contributed by atoms with Crippen molar-refractivity contribution in [1.82, 2.24) is 0 Å². The van der Waals surface area contributed by atoms with E-state index in [0.717, 1.165) is 14.9 Å². The molecule has 0 saturated heterocycles. The Morgan fingerprint density at radius 3 is 2.56 bits per heavy atom. The van der Waals surface area contributed by atoms with Gasteiger partial charge in [-0.05, 0) is 52.4 Å². The lowest BCUT2D eigenvalue weighted by Gasteiger charge is -2.06. The van der Waals surface area contributed by atoms with E-state index < -0.39 is 4.92 Å². The molecule has 0 heterocycles. The Kier molecular flexibility index (Phi) is 4.14. The second-order valence-electron chi connectivity index (χ2n) is 3.67. The molecule has 0 amide bonds. The summed E-state index contributed by atoms with van der Waals surface area (Å²) in [6, 6.07) is 14.1. The molecular formula is C13H10INO3. The number of benzene rings is 2. The topological polar surface area (TPSA) is 52.4 Å². The molecule has 0 aromatic heterocycles. The van der Waals surface area contributed by atoms with Gasteiger partial charge in [0.05, 0.1) is 4.92 Å². The third-order valence-electron chi connectivity index (χ3n) is 2.34. The van der Waals surface area contributed by atoms with Gasteiger partial charge in [0.2, 0.25) is 0 Å². The smallest absolute Gasteiger partial charge is 0.269 e. The lowest BCUT2D eigenvalue weighted by Crippen LogP contribution is -1.96. The number of hydrogen-bond acceptors (Lipinski definition) is 3. The summed E-state index contributed by atoms with van der Waals surface area (Å²) in [5.74, 6) is 0.752. The second kappa shape index (κ2) is 5.81. The quantitative estimate of drug-likeness (QED) is 0.477. The zero-order chi connectivity index (χ0) is 13.0. The van der Waals surface area contributed by atoms with Crippen molar-refractivity contribution in [2.75, 3.05) is 0 Å². The van der Waals surface area contributed by atoms with Crippen molar-refractivity contribution in [3.05, 3.63) is 67.8 Å². The van der Waals surface area contributed by atoms with E-state index in [4.69, 9.17) is 4.74 Å². The first kappa shape index (κ1) is 12.8. The van der Waals surface area contributed by atoms with E-state index in [1.165, 1.54) is 12.1 Å². The van der Waals surface area contributed by atoms with Crippen molar-refractivity contribution in [2.24, 2.45) is 0 Å². The van der Waals surface area contributed by atoms with Crippen molar-refractivity contribution < 1.29 is 9.66 Å². The van der Waals surface area contributed by atoms with Gasteiger partial charge in [-0.1, -0.05) is 12.1 Å². The van der Waals surface area contributed by atoms with Crippen LogP contribution in [0.2, 0.25) is 0 Å². The molecule has 0 atom stereocenters. The number of non-ortho nitro benzene ring substituents is 1. The van der Waals surface area contributed by atoms with Crippen molar-refractivity contribution in [3.8, 4) is 5.75 Å². The minimum atomic E-state index is -0.408. The molecule has 0 aliphatic rings. The highest BCUT2D eigenvalue weighted by Gasteiger charge is 2.05. The van der Waals surface area contributed by atoms with Crippen molar-refractivity contribution in [2.45, 2.75) is 6.61 Å². The Labute approximate surface area is 118 Å². The molecule has 0 fully saturated rings. The van der Waals surface area contributed by atoms with Gasteiger partial charge in [0, 0.05) is 15.7 Å². The normalized spacial score (nSPS) is 10.1. The van der Waals surface area contributed by atoms with Crippen molar-refractivity contribution >= 4 is 28.3 Å². The number of hydrogen-bond donors (Lipinski definition) is 0. The third-order valence-corrected chi connectivity index (χ3v) is 3.06. The maximum atomic E-state index is 10.6. The third kappa shape index (κ3) is 3.43. The van der Waals surface area contributed by atoms with Crippen LogP contribution in [0.4, 0.5) is 5.69 Å². The average molecular weight is 355 g/mol. The molecule has 92 valence electrons. The standard InChI is InChI=1S/C13H10INO3/c14-11-4-6-13(7-5-11)18-9-10-2-1-3-12(8-10)15(16)17/h1-8H,9H2. The highest BCUT2D eigenvalue weighted by atomic mass is 127. The van der Waals surface area contributed by atoms with E-state index in [1.807, 2.05) is 24.3 Å². The number of halogens is 1. The Bertz CT molecular complexity index is 554. The van der Waals surface area contributed by atoms with Crippen LogP contribution in [-0.2, 0) is 6.61 Å². The molecule has 18 heavy (non-hydrogen) atoms. The van der Waals surface area contributed by atoms with Crippen LogP contribution in [0.15, 0.2) is 48.5 Å². The first-order chi connectivity index (χ1) is 8.65. The average Bonchev–Trinajstić information content (AvgIpc) is 2.38. The van der Waals surface area contributed by atoms with Gasteiger partial charge in [-0.3, -0.25) is 10.1 Å². The van der Waals surface area contributed by atoms with Gasteiger partial charge in [0.15, 0.2) is 0 Å². The predicted molar refractivity (Wildman–Crippen MR) is 76.6 cm³/mol. The first-order valence-electron chi connectivity index (χ1n) is 5.27. The Hall–Kier alpha value is -1.63. The summed E-state index contributed by atoms with van der Waals surface area (Å²) in [5.41, 5.74) is 0.862.